The average molecular weight is 166 g/mol. The molecule has 70 valence electrons. The second-order valence-electron chi connectivity index (χ2n) is 5.70. The first kappa shape index (κ1) is 8.59. The van der Waals surface area contributed by atoms with Gasteiger partial charge in [0, 0.05) is 0 Å². The molecule has 2 rings (SSSR count). The first-order valence-electron chi connectivity index (χ1n) is 5.52. The van der Waals surface area contributed by atoms with Crippen LogP contribution in [0.4, 0.5) is 0 Å². The smallest absolute Gasteiger partial charge is 0.0246 e. The predicted octanol–water partition coefficient (Wildman–Crippen LogP) is 3.86. The Morgan fingerprint density at radius 3 is 2.00 bits per heavy atom. The highest BCUT2D eigenvalue weighted by molar-refractivity contribution is 5.08. The summed E-state index contributed by atoms with van der Waals surface area (Å²) in [5, 5.41) is 0. The van der Waals surface area contributed by atoms with Gasteiger partial charge in [-0.1, -0.05) is 27.7 Å². The summed E-state index contributed by atoms with van der Waals surface area (Å²) in [4.78, 5) is 0. The van der Waals surface area contributed by atoms with Crippen molar-refractivity contribution in [1.82, 2.24) is 0 Å². The van der Waals surface area contributed by atoms with Gasteiger partial charge < -0.3 is 0 Å². The third-order valence-corrected chi connectivity index (χ3v) is 5.56. The molecule has 12 heavy (non-hydrogen) atoms. The molecule has 0 N–H and O–H groups in total. The van der Waals surface area contributed by atoms with E-state index in [1.807, 2.05) is 0 Å². The molecule has 0 saturated heterocycles. The van der Waals surface area contributed by atoms with Crippen molar-refractivity contribution in [2.24, 2.45) is 22.7 Å². The van der Waals surface area contributed by atoms with Crippen LogP contribution in [0.3, 0.4) is 0 Å². The zero-order valence-electron chi connectivity index (χ0n) is 8.98. The van der Waals surface area contributed by atoms with Crippen molar-refractivity contribution in [3.8, 4) is 0 Å². The van der Waals surface area contributed by atoms with Crippen LogP contribution in [0.15, 0.2) is 0 Å². The Balaban J connectivity index is 2.34. The van der Waals surface area contributed by atoms with Crippen molar-refractivity contribution in [3.05, 3.63) is 0 Å². The lowest BCUT2D eigenvalue weighted by Gasteiger charge is -2.47. The molecule has 2 saturated carbocycles. The Labute approximate surface area is 76.7 Å². The van der Waals surface area contributed by atoms with Gasteiger partial charge in [0.25, 0.3) is 0 Å². The molecule has 2 bridgehead atoms. The molecule has 0 heteroatoms. The first-order valence-corrected chi connectivity index (χ1v) is 5.52. The Morgan fingerprint density at radius 1 is 1.08 bits per heavy atom. The Bertz CT molecular complexity index is 192. The van der Waals surface area contributed by atoms with E-state index in [0.717, 1.165) is 11.8 Å². The van der Waals surface area contributed by atoms with Crippen molar-refractivity contribution in [1.29, 1.82) is 0 Å². The standard InChI is InChI=1S/C12H22/c1-5-12(4)10-7-6-9(8-10)11(12,2)3/h9-10H,5-8H2,1-4H3. The molecular formula is C12H22. The molecule has 0 aromatic carbocycles. The number of rotatable bonds is 1. The quantitative estimate of drug-likeness (QED) is 0.555. The van der Waals surface area contributed by atoms with Gasteiger partial charge in [0.2, 0.25) is 0 Å². The van der Waals surface area contributed by atoms with Crippen LogP contribution in [0.2, 0.25) is 0 Å². The molecule has 0 nitrogen and oxygen atoms in total. The highest BCUT2D eigenvalue weighted by Gasteiger charge is 2.58. The fraction of sp³-hybridized carbons (Fsp3) is 1.00. The molecule has 2 fully saturated rings. The van der Waals surface area contributed by atoms with E-state index in [0.29, 0.717) is 10.8 Å². The van der Waals surface area contributed by atoms with E-state index < -0.39 is 0 Å². The van der Waals surface area contributed by atoms with Gasteiger partial charge in [0.15, 0.2) is 0 Å². The lowest BCUT2D eigenvalue weighted by Crippen LogP contribution is -2.39. The van der Waals surface area contributed by atoms with Crippen LogP contribution < -0.4 is 0 Å². The minimum absolute atomic E-state index is 0.616. The van der Waals surface area contributed by atoms with Crippen LogP contribution in [0.25, 0.3) is 0 Å². The molecule has 2 aliphatic rings. The van der Waals surface area contributed by atoms with Crippen molar-refractivity contribution >= 4 is 0 Å². The monoisotopic (exact) mass is 166 g/mol. The summed E-state index contributed by atoms with van der Waals surface area (Å²) < 4.78 is 0. The molecule has 3 atom stereocenters. The third-order valence-electron chi connectivity index (χ3n) is 5.56. The molecule has 0 aromatic heterocycles. The molecule has 0 aliphatic heterocycles. The van der Waals surface area contributed by atoms with Crippen molar-refractivity contribution < 1.29 is 0 Å². The van der Waals surface area contributed by atoms with E-state index in [1.165, 1.54) is 25.7 Å². The maximum Gasteiger partial charge on any atom is -0.0246 e. The predicted molar refractivity (Wildman–Crippen MR) is 53.0 cm³/mol. The van der Waals surface area contributed by atoms with Crippen LogP contribution in [0, 0.1) is 22.7 Å². The normalized spacial score (nSPS) is 50.0. The van der Waals surface area contributed by atoms with E-state index in [2.05, 4.69) is 27.7 Å². The average Bonchev–Trinajstić information content (AvgIpc) is 2.55. The summed E-state index contributed by atoms with van der Waals surface area (Å²) >= 11 is 0. The van der Waals surface area contributed by atoms with Gasteiger partial charge in [0.1, 0.15) is 0 Å². The maximum atomic E-state index is 2.52. The maximum absolute atomic E-state index is 2.52. The lowest BCUT2D eigenvalue weighted by molar-refractivity contribution is 0.0174. The van der Waals surface area contributed by atoms with E-state index in [1.54, 1.807) is 0 Å². The topological polar surface area (TPSA) is 0 Å². The molecular weight excluding hydrogens is 144 g/mol. The van der Waals surface area contributed by atoms with Crippen LogP contribution in [-0.4, -0.2) is 0 Å². The minimum atomic E-state index is 0.616. The van der Waals surface area contributed by atoms with Crippen molar-refractivity contribution in [3.63, 3.8) is 0 Å². The van der Waals surface area contributed by atoms with Gasteiger partial charge in [-0.25, -0.2) is 0 Å². The number of hydrogen-bond donors (Lipinski definition) is 0. The number of fused-ring (bicyclic) bond motifs is 2. The summed E-state index contributed by atoms with van der Waals surface area (Å²) in [6.07, 6.45) is 5.92. The first-order chi connectivity index (χ1) is 5.52. The van der Waals surface area contributed by atoms with Crippen LogP contribution in [0.5, 0.6) is 0 Å². The molecule has 3 unspecified atom stereocenters. The third kappa shape index (κ3) is 0.744. The van der Waals surface area contributed by atoms with Gasteiger partial charge in [-0.3, -0.25) is 0 Å². The lowest BCUT2D eigenvalue weighted by atomic mass is 9.58. The van der Waals surface area contributed by atoms with Gasteiger partial charge >= 0.3 is 0 Å². The second kappa shape index (κ2) is 2.27. The van der Waals surface area contributed by atoms with Gasteiger partial charge in [-0.05, 0) is 48.3 Å². The van der Waals surface area contributed by atoms with Crippen molar-refractivity contribution in [2.45, 2.75) is 53.4 Å². The Hall–Kier alpha value is 0. The molecule has 0 spiro atoms. The summed E-state index contributed by atoms with van der Waals surface area (Å²) in [7, 11) is 0. The summed E-state index contributed by atoms with van der Waals surface area (Å²) in [6, 6.07) is 0. The highest BCUT2D eigenvalue weighted by Crippen LogP contribution is 2.67. The summed E-state index contributed by atoms with van der Waals surface area (Å²) in [5.41, 5.74) is 1.26. The molecule has 0 aromatic rings. The van der Waals surface area contributed by atoms with Gasteiger partial charge in [-0.2, -0.15) is 0 Å². The van der Waals surface area contributed by atoms with Crippen LogP contribution in [-0.2, 0) is 0 Å². The zero-order valence-corrected chi connectivity index (χ0v) is 8.98. The summed E-state index contributed by atoms with van der Waals surface area (Å²) in [5.74, 6) is 2.08. The highest BCUT2D eigenvalue weighted by atomic mass is 14.6. The van der Waals surface area contributed by atoms with E-state index in [4.69, 9.17) is 0 Å². The van der Waals surface area contributed by atoms with E-state index >= 15 is 0 Å². The van der Waals surface area contributed by atoms with Crippen LogP contribution >= 0.6 is 0 Å². The Kier molecular flexibility index (Phi) is 1.63. The largest absolute Gasteiger partial charge is 0.0648 e. The molecule has 0 amide bonds. The molecule has 0 heterocycles. The SMILES string of the molecule is CCC1(C)C2CCC(C2)C1(C)C. The fourth-order valence-corrected chi connectivity index (χ4v) is 3.95. The Morgan fingerprint density at radius 2 is 1.67 bits per heavy atom. The van der Waals surface area contributed by atoms with Gasteiger partial charge in [0.05, 0.1) is 0 Å². The van der Waals surface area contributed by atoms with E-state index in [-0.39, 0.29) is 0 Å². The van der Waals surface area contributed by atoms with Crippen LogP contribution in [0.1, 0.15) is 53.4 Å². The zero-order chi connectivity index (χ0) is 8.98. The molecule has 2 aliphatic carbocycles. The minimum Gasteiger partial charge on any atom is -0.0648 e. The number of hydrogen-bond acceptors (Lipinski definition) is 0. The van der Waals surface area contributed by atoms with Crippen molar-refractivity contribution in [2.75, 3.05) is 0 Å². The fourth-order valence-electron chi connectivity index (χ4n) is 3.95. The van der Waals surface area contributed by atoms with E-state index in [9.17, 15) is 0 Å². The summed E-state index contributed by atoms with van der Waals surface area (Å²) in [6.45, 7) is 9.90. The second-order valence-corrected chi connectivity index (χ2v) is 5.70. The van der Waals surface area contributed by atoms with Gasteiger partial charge in [-0.15, -0.1) is 0 Å². The molecule has 0 radical (unpaired) electrons.